The number of benzene rings is 1. The van der Waals surface area contributed by atoms with E-state index in [-0.39, 0.29) is 17.1 Å². The van der Waals surface area contributed by atoms with Crippen molar-refractivity contribution in [2.24, 2.45) is 28.2 Å². The molecule has 4 saturated carbocycles. The van der Waals surface area contributed by atoms with Crippen molar-refractivity contribution in [3.05, 3.63) is 39.8 Å². The minimum atomic E-state index is -0.235. The Morgan fingerprint density at radius 3 is 2.25 bits per heavy atom. The van der Waals surface area contributed by atoms with E-state index in [2.05, 4.69) is 18.4 Å². The highest BCUT2D eigenvalue weighted by Crippen LogP contribution is 2.60. The number of aromatic nitrogens is 1. The van der Waals surface area contributed by atoms with E-state index < -0.39 is 0 Å². The van der Waals surface area contributed by atoms with Gasteiger partial charge in [-0.05, 0) is 100.0 Å². The fourth-order valence-electron chi connectivity index (χ4n) is 6.45. The first-order chi connectivity index (χ1) is 13.5. The van der Waals surface area contributed by atoms with Crippen molar-refractivity contribution < 1.29 is 9.18 Å². The molecule has 0 saturated heterocycles. The van der Waals surface area contributed by atoms with Gasteiger partial charge in [0.05, 0.1) is 11.1 Å². The Bertz CT molecular complexity index is 950. The van der Waals surface area contributed by atoms with E-state index in [1.54, 1.807) is 23.5 Å². The average Bonchev–Trinajstić information content (AvgIpc) is 2.96. The van der Waals surface area contributed by atoms with Crippen LogP contribution in [0.2, 0.25) is 0 Å². The van der Waals surface area contributed by atoms with Crippen LogP contribution in [0.4, 0.5) is 4.39 Å². The monoisotopic (exact) mass is 398 g/mol. The van der Waals surface area contributed by atoms with Gasteiger partial charge in [0, 0.05) is 11.4 Å². The lowest BCUT2D eigenvalue weighted by Gasteiger charge is -2.55. The zero-order valence-electron chi connectivity index (χ0n) is 16.6. The summed E-state index contributed by atoms with van der Waals surface area (Å²) in [6.45, 7) is 4.88. The van der Waals surface area contributed by atoms with E-state index in [9.17, 15) is 9.18 Å². The molecule has 0 N–H and O–H groups in total. The van der Waals surface area contributed by atoms with E-state index in [1.807, 2.05) is 0 Å². The van der Waals surface area contributed by atoms with Crippen LogP contribution < -0.4 is 4.80 Å². The summed E-state index contributed by atoms with van der Waals surface area (Å²) in [5, 5.41) is 0. The Morgan fingerprint density at radius 2 is 1.71 bits per heavy atom. The van der Waals surface area contributed by atoms with Crippen LogP contribution in [0.15, 0.2) is 29.3 Å². The second-order valence-corrected chi connectivity index (χ2v) is 10.3. The van der Waals surface area contributed by atoms with E-state index in [4.69, 9.17) is 4.99 Å². The second kappa shape index (κ2) is 6.65. The lowest BCUT2D eigenvalue weighted by atomic mass is 9.49. The van der Waals surface area contributed by atoms with Crippen molar-refractivity contribution >= 4 is 17.2 Å². The number of hydrogen-bond acceptors (Lipinski definition) is 2. The van der Waals surface area contributed by atoms with Crippen molar-refractivity contribution in [1.29, 1.82) is 0 Å². The van der Waals surface area contributed by atoms with Gasteiger partial charge in [0.1, 0.15) is 5.82 Å². The number of nitrogens with zero attached hydrogens (tertiary/aromatic N) is 2. The zero-order chi connectivity index (χ0) is 19.5. The Morgan fingerprint density at radius 1 is 1.14 bits per heavy atom. The molecule has 0 radical (unpaired) electrons. The summed E-state index contributed by atoms with van der Waals surface area (Å²) in [5.41, 5.74) is 1.82. The van der Waals surface area contributed by atoms with Gasteiger partial charge in [-0.15, -0.1) is 11.3 Å². The molecule has 6 rings (SSSR count). The standard InChI is InChI=1S/C23H27FN2OS/c1-3-26-20(18-4-6-19(24)7-5-18)14(2)28-22(26)25-21(27)23-11-15-8-16(12-23)10-17(9-15)13-23/h4-7,15-17H,3,8-13H2,1-2H3. The third-order valence-corrected chi connectivity index (χ3v) is 8.20. The number of hydrogen-bond donors (Lipinski definition) is 0. The number of halogens is 1. The first-order valence-electron chi connectivity index (χ1n) is 10.5. The maximum atomic E-state index is 13.4. The van der Waals surface area contributed by atoms with E-state index in [1.165, 1.54) is 31.4 Å². The summed E-state index contributed by atoms with van der Waals surface area (Å²) in [5.74, 6) is 2.10. The summed E-state index contributed by atoms with van der Waals surface area (Å²) in [4.78, 5) is 20.0. The van der Waals surface area contributed by atoms with Crippen molar-refractivity contribution in [1.82, 2.24) is 4.57 Å². The summed E-state index contributed by atoms with van der Waals surface area (Å²) < 4.78 is 15.5. The largest absolute Gasteiger partial charge is 0.316 e. The van der Waals surface area contributed by atoms with Crippen LogP contribution in [0.1, 0.15) is 50.3 Å². The molecule has 1 amide bonds. The number of aryl methyl sites for hydroxylation is 1. The van der Waals surface area contributed by atoms with Crippen LogP contribution in [-0.4, -0.2) is 10.5 Å². The van der Waals surface area contributed by atoms with Crippen LogP contribution in [0.3, 0.4) is 0 Å². The topological polar surface area (TPSA) is 34.4 Å². The molecule has 4 aliphatic carbocycles. The van der Waals surface area contributed by atoms with Crippen LogP contribution in [0.25, 0.3) is 11.3 Å². The normalized spacial score (nSPS) is 31.5. The quantitative estimate of drug-likeness (QED) is 0.688. The number of rotatable bonds is 3. The molecule has 0 aliphatic heterocycles. The predicted octanol–water partition coefficient (Wildman–Crippen LogP) is 5.33. The fourth-order valence-corrected chi connectivity index (χ4v) is 7.51. The summed E-state index contributed by atoms with van der Waals surface area (Å²) >= 11 is 1.58. The van der Waals surface area contributed by atoms with Crippen molar-refractivity contribution in [3.8, 4) is 11.3 Å². The molecule has 3 nitrogen and oxygen atoms in total. The van der Waals surface area contributed by atoms with Crippen LogP contribution in [0.5, 0.6) is 0 Å². The summed E-state index contributed by atoms with van der Waals surface area (Å²) in [6.07, 6.45) is 7.12. The number of thiazole rings is 1. The minimum Gasteiger partial charge on any atom is -0.316 e. The Balaban J connectivity index is 1.54. The van der Waals surface area contributed by atoms with E-state index in [0.29, 0.717) is 0 Å². The smallest absolute Gasteiger partial charge is 0.254 e. The zero-order valence-corrected chi connectivity index (χ0v) is 17.4. The first-order valence-corrected chi connectivity index (χ1v) is 11.3. The molecule has 5 heteroatoms. The van der Waals surface area contributed by atoms with Crippen molar-refractivity contribution in [2.45, 2.75) is 58.9 Å². The average molecular weight is 399 g/mol. The van der Waals surface area contributed by atoms with Gasteiger partial charge in [-0.2, -0.15) is 4.99 Å². The Kier molecular flexibility index (Phi) is 4.34. The highest BCUT2D eigenvalue weighted by atomic mass is 32.1. The maximum absolute atomic E-state index is 13.4. The summed E-state index contributed by atoms with van der Waals surface area (Å²) in [6, 6.07) is 6.59. The molecule has 4 bridgehead atoms. The highest BCUT2D eigenvalue weighted by molar-refractivity contribution is 7.09. The van der Waals surface area contributed by atoms with Gasteiger partial charge < -0.3 is 4.57 Å². The third-order valence-electron chi connectivity index (χ3n) is 7.20. The van der Waals surface area contributed by atoms with Crippen LogP contribution in [0, 0.1) is 35.9 Å². The van der Waals surface area contributed by atoms with Gasteiger partial charge >= 0.3 is 0 Å². The molecule has 28 heavy (non-hydrogen) atoms. The molecule has 1 aromatic heterocycles. The van der Waals surface area contributed by atoms with Gasteiger partial charge in [-0.25, -0.2) is 4.39 Å². The summed E-state index contributed by atoms with van der Waals surface area (Å²) in [7, 11) is 0. The minimum absolute atomic E-state index is 0.112. The predicted molar refractivity (Wildman–Crippen MR) is 109 cm³/mol. The van der Waals surface area contributed by atoms with Crippen molar-refractivity contribution in [2.75, 3.05) is 0 Å². The molecule has 148 valence electrons. The highest BCUT2D eigenvalue weighted by Gasteiger charge is 2.54. The molecular weight excluding hydrogens is 371 g/mol. The molecule has 0 unspecified atom stereocenters. The van der Waals surface area contributed by atoms with Gasteiger partial charge in [0.2, 0.25) is 0 Å². The number of carbonyl (C=O) groups excluding carboxylic acids is 1. The molecular formula is C23H27FN2OS. The Labute approximate surface area is 169 Å². The molecule has 4 aliphatic rings. The molecule has 1 heterocycles. The van der Waals surface area contributed by atoms with Gasteiger partial charge in [-0.3, -0.25) is 4.79 Å². The maximum Gasteiger partial charge on any atom is 0.254 e. The molecule has 2 aromatic rings. The Hall–Kier alpha value is -1.75. The lowest BCUT2D eigenvalue weighted by molar-refractivity contribution is -0.142. The van der Waals surface area contributed by atoms with Gasteiger partial charge in [0.15, 0.2) is 4.80 Å². The second-order valence-electron chi connectivity index (χ2n) is 9.16. The molecule has 0 atom stereocenters. The molecule has 1 aromatic carbocycles. The van der Waals surface area contributed by atoms with E-state index in [0.717, 1.165) is 64.5 Å². The lowest BCUT2D eigenvalue weighted by Crippen LogP contribution is -2.49. The van der Waals surface area contributed by atoms with Gasteiger partial charge in [0.25, 0.3) is 5.91 Å². The first kappa shape index (κ1) is 18.3. The van der Waals surface area contributed by atoms with Crippen molar-refractivity contribution in [3.63, 3.8) is 0 Å². The number of carbonyl (C=O) groups is 1. The van der Waals surface area contributed by atoms with Crippen LogP contribution in [-0.2, 0) is 11.3 Å². The van der Waals surface area contributed by atoms with Gasteiger partial charge in [-0.1, -0.05) is 0 Å². The number of amides is 1. The molecule has 0 spiro atoms. The third kappa shape index (κ3) is 2.90. The van der Waals surface area contributed by atoms with Crippen LogP contribution >= 0.6 is 11.3 Å². The molecule has 4 fully saturated rings. The SMILES string of the molecule is CCn1c(-c2ccc(F)cc2)c(C)sc1=NC(=O)C12CC3CC(CC(C3)C1)C2. The van der Waals surface area contributed by atoms with E-state index >= 15 is 0 Å². The fraction of sp³-hybridized carbons (Fsp3) is 0.565.